The summed E-state index contributed by atoms with van der Waals surface area (Å²) < 4.78 is 28.9. The largest absolute Gasteiger partial charge is 0.273 e. The van der Waals surface area contributed by atoms with Crippen LogP contribution >= 0.6 is 11.6 Å². The molecule has 6 nitrogen and oxygen atoms in total. The van der Waals surface area contributed by atoms with Crippen LogP contribution < -0.4 is 9.73 Å². The van der Waals surface area contributed by atoms with E-state index < -0.39 is 15.9 Å². The zero-order chi connectivity index (χ0) is 24.8. The minimum Gasteiger partial charge on any atom is -0.267 e. The number of amides is 1. The van der Waals surface area contributed by atoms with Crippen LogP contribution in [0.3, 0.4) is 0 Å². The number of carbonyl (C=O) groups is 1. The van der Waals surface area contributed by atoms with Gasteiger partial charge in [0, 0.05) is 10.7 Å². The van der Waals surface area contributed by atoms with Crippen molar-refractivity contribution in [1.82, 2.24) is 5.43 Å². The Morgan fingerprint density at radius 1 is 0.943 bits per heavy atom. The van der Waals surface area contributed by atoms with Crippen LogP contribution in [-0.4, -0.2) is 20.0 Å². The molecule has 3 aromatic rings. The van der Waals surface area contributed by atoms with Crippen LogP contribution in [0.4, 0.5) is 5.69 Å². The number of carbonyl (C=O) groups excluding carboxylic acids is 1. The van der Waals surface area contributed by atoms with Gasteiger partial charge in [-0.1, -0.05) is 60.0 Å². The predicted molar refractivity (Wildman–Crippen MR) is 140 cm³/mol. The van der Waals surface area contributed by atoms with Crippen molar-refractivity contribution in [2.45, 2.75) is 50.5 Å². The van der Waals surface area contributed by atoms with E-state index in [9.17, 15) is 13.2 Å². The summed E-state index contributed by atoms with van der Waals surface area (Å²) in [6.07, 6.45) is 5.04. The van der Waals surface area contributed by atoms with Gasteiger partial charge < -0.3 is 0 Å². The minimum absolute atomic E-state index is 0.0339. The number of nitrogens with zero attached hydrogens (tertiary/aromatic N) is 2. The number of rotatable bonds is 7. The van der Waals surface area contributed by atoms with Crippen LogP contribution in [0.15, 0.2) is 82.8 Å². The Kier molecular flexibility index (Phi) is 7.88. The van der Waals surface area contributed by atoms with Gasteiger partial charge in [0.25, 0.3) is 15.9 Å². The first kappa shape index (κ1) is 24.9. The summed E-state index contributed by atoms with van der Waals surface area (Å²) in [5.74, 6) is -0.445. The smallest absolute Gasteiger partial charge is 0.267 e. The molecule has 0 aromatic heterocycles. The Morgan fingerprint density at radius 3 is 2.29 bits per heavy atom. The van der Waals surface area contributed by atoms with Crippen molar-refractivity contribution < 1.29 is 13.2 Å². The third-order valence-electron chi connectivity index (χ3n) is 6.01. The molecule has 1 fully saturated rings. The maximum atomic E-state index is 13.8. The molecule has 1 aliphatic carbocycles. The average molecular weight is 510 g/mol. The van der Waals surface area contributed by atoms with Gasteiger partial charge in [0.1, 0.15) is 0 Å². The van der Waals surface area contributed by atoms with Crippen molar-refractivity contribution in [3.8, 4) is 0 Å². The van der Waals surface area contributed by atoms with Gasteiger partial charge in [-0.2, -0.15) is 5.10 Å². The van der Waals surface area contributed by atoms with Gasteiger partial charge in [-0.05, 0) is 74.6 Å². The number of hydrogen-bond donors (Lipinski definition) is 1. The summed E-state index contributed by atoms with van der Waals surface area (Å²) in [7, 11) is -3.99. The van der Waals surface area contributed by atoms with Gasteiger partial charge in [-0.15, -0.1) is 0 Å². The van der Waals surface area contributed by atoms with E-state index in [1.807, 2.05) is 6.92 Å². The number of hydrazone groups is 1. The van der Waals surface area contributed by atoms with Crippen molar-refractivity contribution in [3.05, 3.63) is 94.5 Å². The topological polar surface area (TPSA) is 78.8 Å². The Morgan fingerprint density at radius 2 is 1.60 bits per heavy atom. The zero-order valence-electron chi connectivity index (χ0n) is 19.6. The fraction of sp³-hybridized carbons (Fsp3) is 0.259. The molecule has 0 radical (unpaired) electrons. The fourth-order valence-electron chi connectivity index (χ4n) is 4.04. The molecule has 0 bridgehead atoms. The summed E-state index contributed by atoms with van der Waals surface area (Å²) in [5.41, 5.74) is 5.82. The first-order chi connectivity index (χ1) is 16.8. The van der Waals surface area contributed by atoms with Crippen molar-refractivity contribution in [3.63, 3.8) is 0 Å². The molecule has 0 atom stereocenters. The lowest BCUT2D eigenvalue weighted by atomic mass is 9.99. The Labute approximate surface area is 211 Å². The second-order valence-electron chi connectivity index (χ2n) is 8.65. The number of sulfonamides is 1. The highest BCUT2D eigenvalue weighted by molar-refractivity contribution is 7.92. The summed E-state index contributed by atoms with van der Waals surface area (Å²) in [4.78, 5) is 13.3. The molecule has 182 valence electrons. The number of anilines is 1. The lowest BCUT2D eigenvalue weighted by molar-refractivity contribution is 0.0955. The van der Waals surface area contributed by atoms with E-state index in [0.717, 1.165) is 42.5 Å². The van der Waals surface area contributed by atoms with Crippen LogP contribution in [0, 0.1) is 6.92 Å². The Bertz CT molecular complexity index is 1310. The molecule has 35 heavy (non-hydrogen) atoms. The molecule has 1 aliphatic rings. The van der Waals surface area contributed by atoms with Gasteiger partial charge >= 0.3 is 0 Å². The summed E-state index contributed by atoms with van der Waals surface area (Å²) in [6, 6.07) is 20.3. The van der Waals surface area contributed by atoms with E-state index in [1.165, 1.54) is 10.7 Å². The van der Waals surface area contributed by atoms with Crippen LogP contribution in [0.1, 0.15) is 53.6 Å². The molecule has 0 heterocycles. The number of nitrogens with one attached hydrogen (secondary N) is 1. The molecule has 0 unspecified atom stereocenters. The number of benzene rings is 3. The Hall–Kier alpha value is -3.16. The molecular formula is C27H28ClN3O3S. The maximum absolute atomic E-state index is 13.8. The van der Waals surface area contributed by atoms with E-state index in [-0.39, 0.29) is 22.7 Å². The third kappa shape index (κ3) is 6.10. The molecule has 8 heteroatoms. The number of halogens is 1. The highest BCUT2D eigenvalue weighted by Crippen LogP contribution is 2.30. The van der Waals surface area contributed by atoms with E-state index in [4.69, 9.17) is 11.6 Å². The first-order valence-corrected chi connectivity index (χ1v) is 13.4. The summed E-state index contributed by atoms with van der Waals surface area (Å²) >= 11 is 6.03. The normalized spacial score (nSPS) is 13.8. The number of para-hydroxylation sites is 1. The summed E-state index contributed by atoms with van der Waals surface area (Å²) in [6.45, 7) is 1.93. The number of hydrogen-bond acceptors (Lipinski definition) is 4. The zero-order valence-corrected chi connectivity index (χ0v) is 21.1. The van der Waals surface area contributed by atoms with Crippen molar-refractivity contribution in [2.24, 2.45) is 5.10 Å². The fourth-order valence-corrected chi connectivity index (χ4v) is 5.64. The lowest BCUT2D eigenvalue weighted by Gasteiger charge is -2.26. The van der Waals surface area contributed by atoms with Gasteiger partial charge in [-0.3, -0.25) is 9.10 Å². The molecule has 1 amide bonds. The highest BCUT2D eigenvalue weighted by atomic mass is 35.5. The predicted octanol–water partition coefficient (Wildman–Crippen LogP) is 6.09. The Balaban J connectivity index is 1.73. The second kappa shape index (κ2) is 11.1. The molecule has 3 aromatic carbocycles. The van der Waals surface area contributed by atoms with E-state index in [2.05, 4.69) is 10.5 Å². The van der Waals surface area contributed by atoms with Crippen molar-refractivity contribution >= 4 is 38.9 Å². The lowest BCUT2D eigenvalue weighted by Crippen LogP contribution is -2.33. The molecule has 0 saturated heterocycles. The molecule has 0 aliphatic heterocycles. The van der Waals surface area contributed by atoms with Crippen LogP contribution in [0.5, 0.6) is 0 Å². The van der Waals surface area contributed by atoms with E-state index >= 15 is 0 Å². The van der Waals surface area contributed by atoms with Gasteiger partial charge in [-0.25, -0.2) is 13.8 Å². The van der Waals surface area contributed by atoms with Crippen LogP contribution in [0.2, 0.25) is 5.02 Å². The molecule has 1 N–H and O–H groups in total. The first-order valence-electron chi connectivity index (χ1n) is 11.6. The standard InChI is InChI=1S/C27H28ClN3O3S/c1-20-11-17-24(18-12-20)35(33,34)31(19-21-13-15-22(28)16-14-21)26-10-6-5-9-25(26)27(32)30-29-23-7-3-2-4-8-23/h5-6,9-18H,2-4,7-8,19H2,1H3,(H,30,32). The molecular weight excluding hydrogens is 482 g/mol. The molecule has 4 rings (SSSR count). The SMILES string of the molecule is Cc1ccc(S(=O)(=O)N(Cc2ccc(Cl)cc2)c2ccccc2C(=O)NN=C2CCCCC2)cc1. The van der Waals surface area contributed by atoms with Gasteiger partial charge in [0.05, 0.1) is 22.7 Å². The van der Waals surface area contributed by atoms with Crippen LogP contribution in [-0.2, 0) is 16.6 Å². The van der Waals surface area contributed by atoms with E-state index in [1.54, 1.807) is 72.8 Å². The number of aryl methyl sites for hydroxylation is 1. The highest BCUT2D eigenvalue weighted by Gasteiger charge is 2.28. The monoisotopic (exact) mass is 509 g/mol. The molecule has 1 saturated carbocycles. The van der Waals surface area contributed by atoms with Gasteiger partial charge in [0.2, 0.25) is 0 Å². The minimum atomic E-state index is -3.99. The van der Waals surface area contributed by atoms with E-state index in [0.29, 0.717) is 5.02 Å². The van der Waals surface area contributed by atoms with Crippen LogP contribution in [0.25, 0.3) is 0 Å². The summed E-state index contributed by atoms with van der Waals surface area (Å²) in [5, 5.41) is 4.88. The average Bonchev–Trinajstić information content (AvgIpc) is 2.88. The molecule has 0 spiro atoms. The maximum Gasteiger partial charge on any atom is 0.273 e. The van der Waals surface area contributed by atoms with Crippen molar-refractivity contribution in [2.75, 3.05) is 4.31 Å². The quantitative estimate of drug-likeness (QED) is 0.391. The third-order valence-corrected chi connectivity index (χ3v) is 8.04. The van der Waals surface area contributed by atoms with Crippen molar-refractivity contribution in [1.29, 1.82) is 0 Å². The second-order valence-corrected chi connectivity index (χ2v) is 10.9. The van der Waals surface area contributed by atoms with Gasteiger partial charge in [0.15, 0.2) is 0 Å².